The van der Waals surface area contributed by atoms with Gasteiger partial charge in [-0.1, -0.05) is 36.8 Å². The lowest BCUT2D eigenvalue weighted by Gasteiger charge is -2.14. The second kappa shape index (κ2) is 10.7. The Hall–Kier alpha value is -4.06. The fourth-order valence-corrected chi connectivity index (χ4v) is 4.07. The van der Waals surface area contributed by atoms with Gasteiger partial charge in [0, 0.05) is 26.3 Å². The first kappa shape index (κ1) is 27.0. The predicted molar refractivity (Wildman–Crippen MR) is 134 cm³/mol. The third kappa shape index (κ3) is 5.75. The van der Waals surface area contributed by atoms with E-state index in [1.54, 1.807) is 13.0 Å². The summed E-state index contributed by atoms with van der Waals surface area (Å²) in [5, 5.41) is 9.23. The molecule has 0 radical (unpaired) electrons. The van der Waals surface area contributed by atoms with Gasteiger partial charge < -0.3 is 14.6 Å². The Morgan fingerprint density at radius 3 is 2.32 bits per heavy atom. The van der Waals surface area contributed by atoms with Crippen LogP contribution in [-0.4, -0.2) is 36.8 Å². The first-order valence-electron chi connectivity index (χ1n) is 11.9. The van der Waals surface area contributed by atoms with Crippen molar-refractivity contribution < 1.29 is 27.8 Å². The number of fused-ring (bicyclic) bond motifs is 1. The van der Waals surface area contributed by atoms with Gasteiger partial charge in [0.2, 0.25) is 0 Å². The van der Waals surface area contributed by atoms with Gasteiger partial charge in [-0.2, -0.15) is 4.98 Å². The summed E-state index contributed by atoms with van der Waals surface area (Å²) >= 11 is 0. The number of nitrogens with zero attached hydrogens (tertiary/aromatic N) is 4. The highest BCUT2D eigenvalue weighted by atomic mass is 19.4. The van der Waals surface area contributed by atoms with Crippen molar-refractivity contribution in [3.63, 3.8) is 0 Å². The number of aromatic nitrogens is 4. The molecule has 202 valence electrons. The second-order valence-corrected chi connectivity index (χ2v) is 8.83. The third-order valence-corrected chi connectivity index (χ3v) is 5.99. The first-order chi connectivity index (χ1) is 18.0. The van der Waals surface area contributed by atoms with Crippen LogP contribution in [0.5, 0.6) is 17.5 Å². The Kier molecular flexibility index (Phi) is 7.63. The molecule has 2 aromatic heterocycles. The van der Waals surface area contributed by atoms with Crippen molar-refractivity contribution in [2.45, 2.75) is 46.1 Å². The Morgan fingerprint density at radius 2 is 1.68 bits per heavy atom. The number of hydrogen-bond acceptors (Lipinski definition) is 6. The molecule has 1 N–H and O–H groups in total. The number of benzene rings is 2. The average molecular weight is 533 g/mol. The molecule has 2 aromatic carbocycles. The smallest absolute Gasteiger partial charge is 0.425 e. The van der Waals surface area contributed by atoms with Gasteiger partial charge >= 0.3 is 18.1 Å². The molecule has 0 saturated carbocycles. The molecule has 0 aliphatic rings. The zero-order valence-corrected chi connectivity index (χ0v) is 21.1. The molecule has 0 fully saturated rings. The molecule has 38 heavy (non-hydrogen) atoms. The van der Waals surface area contributed by atoms with E-state index in [2.05, 4.69) is 9.72 Å². The van der Waals surface area contributed by atoms with Crippen LogP contribution in [0.3, 0.4) is 0 Å². The quantitative estimate of drug-likeness (QED) is 0.351. The van der Waals surface area contributed by atoms with Crippen LogP contribution in [-0.2, 0) is 26.6 Å². The minimum Gasteiger partial charge on any atom is -0.425 e. The van der Waals surface area contributed by atoms with Gasteiger partial charge in [0.1, 0.15) is 11.5 Å². The Bertz CT molecular complexity index is 1570. The Morgan fingerprint density at radius 1 is 1.00 bits per heavy atom. The fraction of sp³-hybridized carbons (Fsp3) is 0.346. The minimum atomic E-state index is -4.89. The van der Waals surface area contributed by atoms with Gasteiger partial charge in [-0.3, -0.25) is 18.5 Å². The van der Waals surface area contributed by atoms with E-state index < -0.39 is 23.4 Å². The van der Waals surface area contributed by atoms with Crippen LogP contribution in [0, 0.1) is 6.92 Å². The molecule has 0 amide bonds. The van der Waals surface area contributed by atoms with E-state index in [1.807, 2.05) is 31.2 Å². The van der Waals surface area contributed by atoms with Crippen molar-refractivity contribution >= 4 is 11.2 Å². The summed E-state index contributed by atoms with van der Waals surface area (Å²) in [6.45, 7) is 3.63. The predicted octanol–water partition coefficient (Wildman–Crippen LogP) is 3.89. The second-order valence-electron chi connectivity index (χ2n) is 8.83. The number of aliphatic hydroxyl groups excluding tert-OH is 1. The highest BCUT2D eigenvalue weighted by Gasteiger charge is 2.31. The van der Waals surface area contributed by atoms with E-state index in [-0.39, 0.29) is 49.0 Å². The molecule has 9 nitrogen and oxygen atoms in total. The van der Waals surface area contributed by atoms with Gasteiger partial charge in [0.15, 0.2) is 11.2 Å². The number of alkyl halides is 3. The number of ether oxygens (including phenoxy) is 2. The van der Waals surface area contributed by atoms with E-state index in [9.17, 15) is 27.9 Å². The van der Waals surface area contributed by atoms with Crippen LogP contribution < -0.4 is 20.7 Å². The molecule has 0 saturated heterocycles. The normalized spacial score (nSPS) is 11.8. The maximum absolute atomic E-state index is 13.5. The van der Waals surface area contributed by atoms with Crippen molar-refractivity contribution in [1.82, 2.24) is 18.7 Å². The first-order valence-corrected chi connectivity index (χ1v) is 11.9. The highest BCUT2D eigenvalue weighted by molar-refractivity contribution is 5.72. The number of rotatable bonds is 9. The van der Waals surface area contributed by atoms with Crippen molar-refractivity contribution in [3.05, 3.63) is 80.0 Å². The topological polar surface area (TPSA) is 101 Å². The number of hydrogen-bond donors (Lipinski definition) is 1. The summed E-state index contributed by atoms with van der Waals surface area (Å²) in [5.41, 5.74) is 1.27. The summed E-state index contributed by atoms with van der Waals surface area (Å²) in [6.07, 6.45) is -4.28. The molecule has 0 atom stereocenters. The fourth-order valence-electron chi connectivity index (χ4n) is 4.07. The van der Waals surface area contributed by atoms with Gasteiger partial charge in [-0.25, -0.2) is 4.79 Å². The molecule has 0 spiro atoms. The van der Waals surface area contributed by atoms with E-state index in [0.717, 1.165) is 21.8 Å². The third-order valence-electron chi connectivity index (χ3n) is 5.99. The zero-order chi connectivity index (χ0) is 27.6. The van der Waals surface area contributed by atoms with Crippen LogP contribution in [0.25, 0.3) is 11.2 Å². The van der Waals surface area contributed by atoms with Gasteiger partial charge in [-0.15, -0.1) is 13.2 Å². The van der Waals surface area contributed by atoms with Crippen LogP contribution in [0.4, 0.5) is 13.2 Å². The largest absolute Gasteiger partial charge is 0.573 e. The Balaban J connectivity index is 1.90. The minimum absolute atomic E-state index is 0.000531. The van der Waals surface area contributed by atoms with Crippen molar-refractivity contribution in [3.8, 4) is 17.5 Å². The summed E-state index contributed by atoms with van der Waals surface area (Å²) in [4.78, 5) is 30.7. The number of imidazole rings is 1. The highest BCUT2D eigenvalue weighted by Crippen LogP contribution is 2.32. The number of aryl methyl sites for hydroxylation is 3. The molecule has 4 rings (SSSR count). The molecule has 0 unspecified atom stereocenters. The molecule has 0 bridgehead atoms. The Labute approximate surface area is 215 Å². The summed E-state index contributed by atoms with van der Waals surface area (Å²) in [7, 11) is 1.46. The monoisotopic (exact) mass is 532 g/mol. The zero-order valence-electron chi connectivity index (χ0n) is 21.1. The maximum Gasteiger partial charge on any atom is 0.573 e. The van der Waals surface area contributed by atoms with E-state index in [0.29, 0.717) is 12.0 Å². The summed E-state index contributed by atoms with van der Waals surface area (Å²) in [5.74, 6) is -0.429. The standard InChI is InChI=1S/C26H27F3N4O5/c1-4-17-12-19(14-20(13-17)38-26(27,28)29)37-24-30-22-21(33(24)15-18-8-6-16(2)7-9-18)23(35)32(10-5-11-34)25(36)31(22)3/h6-9,12-14,34H,4-5,10-11,15H2,1-3H3. The lowest BCUT2D eigenvalue weighted by atomic mass is 10.1. The molecule has 4 aromatic rings. The SMILES string of the molecule is CCc1cc(Oc2nc3c(c(=O)n(CCCO)c(=O)n3C)n2Cc2ccc(C)cc2)cc(OC(F)(F)F)c1. The van der Waals surface area contributed by atoms with Gasteiger partial charge in [-0.05, 0) is 43.0 Å². The van der Waals surface area contributed by atoms with Gasteiger partial charge in [0.25, 0.3) is 5.56 Å². The lowest BCUT2D eigenvalue weighted by Crippen LogP contribution is -2.39. The number of halogens is 3. The summed E-state index contributed by atoms with van der Waals surface area (Å²) in [6, 6.07) is 11.3. The van der Waals surface area contributed by atoms with E-state index in [4.69, 9.17) is 4.74 Å². The van der Waals surface area contributed by atoms with Crippen molar-refractivity contribution in [2.75, 3.05) is 6.61 Å². The van der Waals surface area contributed by atoms with E-state index in [1.165, 1.54) is 22.2 Å². The maximum atomic E-state index is 13.5. The average Bonchev–Trinajstić information content (AvgIpc) is 3.20. The van der Waals surface area contributed by atoms with Crippen molar-refractivity contribution in [1.29, 1.82) is 0 Å². The van der Waals surface area contributed by atoms with Crippen molar-refractivity contribution in [2.24, 2.45) is 7.05 Å². The molecule has 0 aliphatic carbocycles. The number of aliphatic hydroxyl groups is 1. The van der Waals surface area contributed by atoms with Crippen LogP contribution in [0.2, 0.25) is 0 Å². The van der Waals surface area contributed by atoms with Gasteiger partial charge in [0.05, 0.1) is 6.54 Å². The molecular weight excluding hydrogens is 505 g/mol. The van der Waals surface area contributed by atoms with Crippen LogP contribution >= 0.6 is 0 Å². The van der Waals surface area contributed by atoms with E-state index >= 15 is 0 Å². The molecular formula is C26H27F3N4O5. The summed E-state index contributed by atoms with van der Waals surface area (Å²) < 4.78 is 52.5. The van der Waals surface area contributed by atoms with Crippen LogP contribution in [0.15, 0.2) is 52.1 Å². The molecule has 12 heteroatoms. The van der Waals surface area contributed by atoms with Crippen LogP contribution in [0.1, 0.15) is 30.0 Å². The lowest BCUT2D eigenvalue weighted by molar-refractivity contribution is -0.274. The molecule has 0 aliphatic heterocycles. The molecule has 2 heterocycles.